The number of aromatic nitrogens is 1. The molecule has 0 aliphatic rings. The molecule has 3 nitrogen and oxygen atoms in total. The lowest BCUT2D eigenvalue weighted by atomic mass is 10.2. The van der Waals surface area contributed by atoms with E-state index in [-0.39, 0.29) is 5.75 Å². The first-order valence-electron chi connectivity index (χ1n) is 5.39. The SMILES string of the molecule is Cc1ccnc(Oc2ccc(CN)cc2F)c1Br. The van der Waals surface area contributed by atoms with Crippen molar-refractivity contribution in [3.63, 3.8) is 0 Å². The third-order valence-corrected chi connectivity index (χ3v) is 3.45. The van der Waals surface area contributed by atoms with Crippen molar-refractivity contribution in [3.05, 3.63) is 51.9 Å². The van der Waals surface area contributed by atoms with Crippen molar-refractivity contribution in [1.29, 1.82) is 0 Å². The molecular weight excluding hydrogens is 299 g/mol. The molecule has 2 N–H and O–H groups in total. The molecule has 0 saturated heterocycles. The van der Waals surface area contributed by atoms with Crippen LogP contribution >= 0.6 is 15.9 Å². The van der Waals surface area contributed by atoms with Crippen molar-refractivity contribution in [3.8, 4) is 11.6 Å². The minimum absolute atomic E-state index is 0.131. The second kappa shape index (κ2) is 5.46. The summed E-state index contributed by atoms with van der Waals surface area (Å²) in [7, 11) is 0. The second-order valence-corrected chi connectivity index (χ2v) is 4.61. The summed E-state index contributed by atoms with van der Waals surface area (Å²) in [5.41, 5.74) is 7.13. The van der Waals surface area contributed by atoms with Gasteiger partial charge >= 0.3 is 0 Å². The molecule has 0 atom stereocenters. The van der Waals surface area contributed by atoms with Gasteiger partial charge in [-0.15, -0.1) is 0 Å². The largest absolute Gasteiger partial charge is 0.435 e. The summed E-state index contributed by atoms with van der Waals surface area (Å²) in [6, 6.07) is 6.47. The zero-order valence-corrected chi connectivity index (χ0v) is 11.4. The summed E-state index contributed by atoms with van der Waals surface area (Å²) in [5, 5.41) is 0. The molecule has 0 fully saturated rings. The van der Waals surface area contributed by atoms with Crippen LogP contribution in [0.5, 0.6) is 11.6 Å². The standard InChI is InChI=1S/C13H12BrFN2O/c1-8-4-5-17-13(12(8)14)18-11-3-2-9(7-16)6-10(11)15/h2-6H,7,16H2,1H3. The van der Waals surface area contributed by atoms with E-state index in [1.54, 1.807) is 18.3 Å². The fourth-order valence-electron chi connectivity index (χ4n) is 1.44. The molecule has 0 unspecified atom stereocenters. The van der Waals surface area contributed by atoms with E-state index < -0.39 is 5.82 Å². The van der Waals surface area contributed by atoms with Gasteiger partial charge in [-0.1, -0.05) is 6.07 Å². The summed E-state index contributed by atoms with van der Waals surface area (Å²) in [6.07, 6.45) is 1.61. The molecule has 0 aliphatic carbocycles. The Bertz CT molecular complexity index is 575. The van der Waals surface area contributed by atoms with Gasteiger partial charge in [-0.05, 0) is 52.2 Å². The highest BCUT2D eigenvalue weighted by atomic mass is 79.9. The zero-order valence-electron chi connectivity index (χ0n) is 9.78. The summed E-state index contributed by atoms with van der Waals surface area (Å²) >= 11 is 3.36. The number of benzene rings is 1. The fourth-order valence-corrected chi connectivity index (χ4v) is 1.76. The molecule has 1 aromatic carbocycles. The first kappa shape index (κ1) is 13.0. The highest BCUT2D eigenvalue weighted by Crippen LogP contribution is 2.31. The normalized spacial score (nSPS) is 10.4. The third-order valence-electron chi connectivity index (χ3n) is 2.49. The Balaban J connectivity index is 2.31. The van der Waals surface area contributed by atoms with Gasteiger partial charge in [0.1, 0.15) is 0 Å². The van der Waals surface area contributed by atoms with Crippen LogP contribution in [0.3, 0.4) is 0 Å². The van der Waals surface area contributed by atoms with Crippen LogP contribution in [-0.4, -0.2) is 4.98 Å². The van der Waals surface area contributed by atoms with Crippen LogP contribution in [0.15, 0.2) is 34.9 Å². The first-order chi connectivity index (χ1) is 8.61. The van der Waals surface area contributed by atoms with E-state index in [0.29, 0.717) is 16.9 Å². The summed E-state index contributed by atoms with van der Waals surface area (Å²) in [5.74, 6) is 0.0218. The maximum Gasteiger partial charge on any atom is 0.234 e. The van der Waals surface area contributed by atoms with E-state index >= 15 is 0 Å². The van der Waals surface area contributed by atoms with Gasteiger partial charge in [-0.3, -0.25) is 0 Å². The monoisotopic (exact) mass is 310 g/mol. The Morgan fingerprint density at radius 2 is 2.17 bits per heavy atom. The van der Waals surface area contributed by atoms with E-state index in [4.69, 9.17) is 10.5 Å². The first-order valence-corrected chi connectivity index (χ1v) is 6.18. The predicted octanol–water partition coefficient (Wildman–Crippen LogP) is 3.54. The molecule has 0 aliphatic heterocycles. The molecule has 0 bridgehead atoms. The molecule has 0 spiro atoms. The highest BCUT2D eigenvalue weighted by molar-refractivity contribution is 9.10. The molecule has 94 valence electrons. The van der Waals surface area contributed by atoms with Crippen LogP contribution in [0, 0.1) is 12.7 Å². The minimum Gasteiger partial charge on any atom is -0.435 e. The molecule has 1 aromatic heterocycles. The summed E-state index contributed by atoms with van der Waals surface area (Å²) in [4.78, 5) is 4.06. The van der Waals surface area contributed by atoms with Gasteiger partial charge in [0.05, 0.1) is 4.47 Å². The smallest absolute Gasteiger partial charge is 0.234 e. The lowest BCUT2D eigenvalue weighted by Gasteiger charge is -2.09. The number of halogens is 2. The fraction of sp³-hybridized carbons (Fsp3) is 0.154. The molecular formula is C13H12BrFN2O. The van der Waals surface area contributed by atoms with Crippen molar-refractivity contribution in [2.75, 3.05) is 0 Å². The maximum absolute atomic E-state index is 13.7. The quantitative estimate of drug-likeness (QED) is 0.943. The van der Waals surface area contributed by atoms with Gasteiger partial charge < -0.3 is 10.5 Å². The highest BCUT2D eigenvalue weighted by Gasteiger charge is 2.10. The molecule has 0 saturated carbocycles. The number of pyridine rings is 1. The van der Waals surface area contributed by atoms with E-state index in [9.17, 15) is 4.39 Å². The number of rotatable bonds is 3. The van der Waals surface area contributed by atoms with Crippen molar-refractivity contribution in [2.45, 2.75) is 13.5 Å². The third kappa shape index (κ3) is 2.68. The van der Waals surface area contributed by atoms with E-state index in [2.05, 4.69) is 20.9 Å². The number of hydrogen-bond donors (Lipinski definition) is 1. The number of nitrogens with two attached hydrogens (primary N) is 1. The molecule has 0 amide bonds. The number of ether oxygens (including phenoxy) is 1. The molecule has 1 heterocycles. The van der Waals surface area contributed by atoms with Gasteiger partial charge in [0.15, 0.2) is 11.6 Å². The van der Waals surface area contributed by atoms with Crippen LogP contribution in [0.25, 0.3) is 0 Å². The Morgan fingerprint density at radius 3 is 2.83 bits per heavy atom. The topological polar surface area (TPSA) is 48.1 Å². The van der Waals surface area contributed by atoms with Crippen LogP contribution in [0.4, 0.5) is 4.39 Å². The van der Waals surface area contributed by atoms with E-state index in [1.807, 2.05) is 13.0 Å². The van der Waals surface area contributed by atoms with E-state index in [0.717, 1.165) is 11.1 Å². The lowest BCUT2D eigenvalue weighted by Crippen LogP contribution is -1.98. The Labute approximate surface area is 113 Å². The molecule has 5 heteroatoms. The van der Waals surface area contributed by atoms with E-state index in [1.165, 1.54) is 6.07 Å². The number of hydrogen-bond acceptors (Lipinski definition) is 3. The van der Waals surface area contributed by atoms with Gasteiger partial charge in [-0.2, -0.15) is 0 Å². The molecule has 2 aromatic rings. The second-order valence-electron chi connectivity index (χ2n) is 3.82. The van der Waals surface area contributed by atoms with Crippen LogP contribution < -0.4 is 10.5 Å². The number of aryl methyl sites for hydroxylation is 1. The Morgan fingerprint density at radius 1 is 1.39 bits per heavy atom. The van der Waals surface area contributed by atoms with Gasteiger partial charge in [0.25, 0.3) is 0 Å². The molecule has 18 heavy (non-hydrogen) atoms. The van der Waals surface area contributed by atoms with Crippen molar-refractivity contribution in [1.82, 2.24) is 4.98 Å². The number of nitrogens with zero attached hydrogens (tertiary/aromatic N) is 1. The average molecular weight is 311 g/mol. The molecule has 0 radical (unpaired) electrons. The average Bonchev–Trinajstić information content (AvgIpc) is 2.37. The van der Waals surface area contributed by atoms with Crippen molar-refractivity contribution >= 4 is 15.9 Å². The lowest BCUT2D eigenvalue weighted by molar-refractivity contribution is 0.424. The van der Waals surface area contributed by atoms with Gasteiger partial charge in [0.2, 0.25) is 5.88 Å². The van der Waals surface area contributed by atoms with Gasteiger partial charge in [-0.25, -0.2) is 9.37 Å². The van der Waals surface area contributed by atoms with Crippen LogP contribution in [0.1, 0.15) is 11.1 Å². The maximum atomic E-state index is 13.7. The van der Waals surface area contributed by atoms with Crippen molar-refractivity contribution in [2.24, 2.45) is 5.73 Å². The summed E-state index contributed by atoms with van der Waals surface area (Å²) < 4.78 is 19.9. The molecule has 2 rings (SSSR count). The van der Waals surface area contributed by atoms with Crippen LogP contribution in [0.2, 0.25) is 0 Å². The van der Waals surface area contributed by atoms with Crippen molar-refractivity contribution < 1.29 is 9.13 Å². The minimum atomic E-state index is -0.451. The van der Waals surface area contributed by atoms with Gasteiger partial charge in [0, 0.05) is 12.7 Å². The Hall–Kier alpha value is -1.46. The predicted molar refractivity (Wildman–Crippen MR) is 71.0 cm³/mol. The summed E-state index contributed by atoms with van der Waals surface area (Å²) in [6.45, 7) is 2.20. The van der Waals surface area contributed by atoms with Crippen LogP contribution in [-0.2, 0) is 6.54 Å². The zero-order chi connectivity index (χ0) is 13.1. The Kier molecular flexibility index (Phi) is 3.93.